The molecule has 2 aromatic carbocycles. The van der Waals surface area contributed by atoms with Gasteiger partial charge in [0.2, 0.25) is 0 Å². The van der Waals surface area contributed by atoms with Crippen molar-refractivity contribution in [1.82, 2.24) is 10.2 Å². The van der Waals surface area contributed by atoms with Gasteiger partial charge in [-0.15, -0.1) is 0 Å². The largest absolute Gasteiger partial charge is 0.481 e. The molecule has 0 unspecified atom stereocenters. The van der Waals surface area contributed by atoms with E-state index < -0.39 is 6.10 Å². The van der Waals surface area contributed by atoms with Gasteiger partial charge < -0.3 is 15.0 Å². The summed E-state index contributed by atoms with van der Waals surface area (Å²) in [4.78, 5) is 26.6. The summed E-state index contributed by atoms with van der Waals surface area (Å²) >= 11 is 0. The Morgan fingerprint density at radius 2 is 1.77 bits per heavy atom. The van der Waals surface area contributed by atoms with Crippen LogP contribution >= 0.6 is 0 Å². The number of likely N-dealkylation sites (N-methyl/N-ethyl adjacent to an activating group) is 1. The number of rotatable bonds is 8. The van der Waals surface area contributed by atoms with Gasteiger partial charge in [-0.2, -0.15) is 0 Å². The van der Waals surface area contributed by atoms with Crippen LogP contribution in [-0.4, -0.2) is 35.9 Å². The maximum Gasteiger partial charge on any atom is 0.263 e. The van der Waals surface area contributed by atoms with Crippen molar-refractivity contribution in [3.05, 3.63) is 64.7 Å². The molecule has 0 spiro atoms. The van der Waals surface area contributed by atoms with Gasteiger partial charge in [0.1, 0.15) is 5.75 Å². The van der Waals surface area contributed by atoms with Crippen LogP contribution in [0.3, 0.4) is 0 Å². The van der Waals surface area contributed by atoms with Gasteiger partial charge in [0, 0.05) is 25.2 Å². The number of aryl methyl sites for hydroxylation is 1. The van der Waals surface area contributed by atoms with Crippen molar-refractivity contribution in [3.8, 4) is 5.75 Å². The van der Waals surface area contributed by atoms with Crippen LogP contribution < -0.4 is 10.1 Å². The highest BCUT2D eigenvalue weighted by Crippen LogP contribution is 2.25. The van der Waals surface area contributed by atoms with Crippen molar-refractivity contribution in [2.75, 3.05) is 7.05 Å². The minimum atomic E-state index is -0.584. The van der Waals surface area contributed by atoms with Crippen LogP contribution in [-0.2, 0) is 11.3 Å². The quantitative estimate of drug-likeness (QED) is 0.703. The molecule has 30 heavy (non-hydrogen) atoms. The third-order valence-electron chi connectivity index (χ3n) is 5.46. The molecule has 1 atom stereocenters. The summed E-state index contributed by atoms with van der Waals surface area (Å²) in [6, 6.07) is 13.9. The van der Waals surface area contributed by atoms with E-state index in [0.717, 1.165) is 29.7 Å². The summed E-state index contributed by atoms with van der Waals surface area (Å²) in [5, 5.41) is 2.98. The van der Waals surface area contributed by atoms with Crippen molar-refractivity contribution < 1.29 is 14.3 Å². The molecule has 1 saturated carbocycles. The number of benzene rings is 2. The van der Waals surface area contributed by atoms with Crippen LogP contribution in [0.25, 0.3) is 0 Å². The van der Waals surface area contributed by atoms with Crippen molar-refractivity contribution in [2.24, 2.45) is 0 Å². The molecule has 3 rings (SSSR count). The summed E-state index contributed by atoms with van der Waals surface area (Å²) < 4.78 is 6.01. The second kappa shape index (κ2) is 9.33. The molecule has 1 aliphatic carbocycles. The molecule has 1 N–H and O–H groups in total. The fourth-order valence-corrected chi connectivity index (χ4v) is 3.26. The van der Waals surface area contributed by atoms with Gasteiger partial charge in [0.15, 0.2) is 6.10 Å². The predicted octanol–water partition coefficient (Wildman–Crippen LogP) is 4.44. The number of hydrogen-bond donors (Lipinski definition) is 1. The van der Waals surface area contributed by atoms with E-state index in [0.29, 0.717) is 24.1 Å². The third-order valence-corrected chi connectivity index (χ3v) is 5.46. The van der Waals surface area contributed by atoms with E-state index in [2.05, 4.69) is 25.2 Å². The fraction of sp³-hybridized carbons (Fsp3) is 0.440. The molecule has 1 fully saturated rings. The van der Waals surface area contributed by atoms with E-state index >= 15 is 0 Å². The first kappa shape index (κ1) is 21.9. The van der Waals surface area contributed by atoms with Gasteiger partial charge in [-0.25, -0.2) is 0 Å². The zero-order valence-corrected chi connectivity index (χ0v) is 18.6. The van der Waals surface area contributed by atoms with Crippen molar-refractivity contribution in [1.29, 1.82) is 0 Å². The Morgan fingerprint density at radius 1 is 1.10 bits per heavy atom. The molecule has 0 radical (unpaired) electrons. The van der Waals surface area contributed by atoms with Crippen molar-refractivity contribution in [3.63, 3.8) is 0 Å². The second-order valence-electron chi connectivity index (χ2n) is 8.58. The van der Waals surface area contributed by atoms with Crippen LogP contribution in [0.15, 0.2) is 42.5 Å². The minimum absolute atomic E-state index is 0.0329. The van der Waals surface area contributed by atoms with E-state index in [9.17, 15) is 9.59 Å². The summed E-state index contributed by atoms with van der Waals surface area (Å²) in [6.45, 7) is 8.50. The Balaban J connectivity index is 1.58. The number of nitrogens with zero attached hydrogens (tertiary/aromatic N) is 1. The summed E-state index contributed by atoms with van der Waals surface area (Å²) in [7, 11) is 1.77. The molecule has 2 aromatic rings. The molecule has 0 heterocycles. The van der Waals surface area contributed by atoms with Crippen molar-refractivity contribution >= 4 is 11.8 Å². The van der Waals surface area contributed by atoms with Crippen LogP contribution in [0.1, 0.15) is 66.6 Å². The zero-order chi connectivity index (χ0) is 21.8. The third kappa shape index (κ3) is 5.62. The Bertz CT molecular complexity index is 901. The van der Waals surface area contributed by atoms with Crippen LogP contribution in [0, 0.1) is 6.92 Å². The summed E-state index contributed by atoms with van der Waals surface area (Å²) in [5.41, 5.74) is 3.83. The highest BCUT2D eigenvalue weighted by molar-refractivity contribution is 5.94. The zero-order valence-electron chi connectivity index (χ0n) is 18.6. The number of amides is 2. The van der Waals surface area contributed by atoms with Crippen LogP contribution in [0.4, 0.5) is 0 Å². The average Bonchev–Trinajstić information content (AvgIpc) is 3.53. The molecule has 0 aromatic heterocycles. The number of hydrogen-bond acceptors (Lipinski definition) is 3. The molecule has 160 valence electrons. The van der Waals surface area contributed by atoms with Gasteiger partial charge in [-0.05, 0) is 67.5 Å². The van der Waals surface area contributed by atoms with Gasteiger partial charge in [0.25, 0.3) is 11.8 Å². The van der Waals surface area contributed by atoms with Crippen LogP contribution in [0.2, 0.25) is 0 Å². The standard InChI is InChI=1S/C25H32N2O3/c1-16(2)21-9-6-17(3)23(14-21)30-18(4)25(29)27(5)15-19-7-10-20(11-8-19)24(28)26-22-12-13-22/h6-11,14,16,18,22H,12-13,15H2,1-5H3,(H,26,28)/t18-/m1/s1. The molecule has 0 saturated heterocycles. The van der Waals surface area contributed by atoms with Gasteiger partial charge in [-0.3, -0.25) is 9.59 Å². The Kier molecular flexibility index (Phi) is 6.80. The number of carbonyl (C=O) groups excluding carboxylic acids is 2. The Morgan fingerprint density at radius 3 is 2.37 bits per heavy atom. The highest BCUT2D eigenvalue weighted by atomic mass is 16.5. The summed E-state index contributed by atoms with van der Waals surface area (Å²) in [5.74, 6) is 1.03. The molecular formula is C25H32N2O3. The number of ether oxygens (including phenoxy) is 1. The Hall–Kier alpha value is -2.82. The lowest BCUT2D eigenvalue weighted by Crippen LogP contribution is -2.37. The fourth-order valence-electron chi connectivity index (χ4n) is 3.26. The van der Waals surface area contributed by atoms with Gasteiger partial charge in [0.05, 0.1) is 0 Å². The van der Waals surface area contributed by atoms with Gasteiger partial charge >= 0.3 is 0 Å². The average molecular weight is 409 g/mol. The smallest absolute Gasteiger partial charge is 0.263 e. The van der Waals surface area contributed by atoms with E-state index in [1.54, 1.807) is 18.9 Å². The normalized spacial score (nSPS) is 14.3. The molecule has 1 aliphatic rings. The molecule has 0 bridgehead atoms. The lowest BCUT2D eigenvalue weighted by atomic mass is 10.0. The molecule has 5 nitrogen and oxygen atoms in total. The van der Waals surface area contributed by atoms with E-state index in [1.165, 1.54) is 5.56 Å². The molecule has 0 aliphatic heterocycles. The predicted molar refractivity (Wildman–Crippen MR) is 119 cm³/mol. The topological polar surface area (TPSA) is 58.6 Å². The molecule has 2 amide bonds. The maximum atomic E-state index is 12.8. The lowest BCUT2D eigenvalue weighted by molar-refractivity contribution is -0.137. The van der Waals surface area contributed by atoms with E-state index in [-0.39, 0.29) is 11.8 Å². The SMILES string of the molecule is Cc1ccc(C(C)C)cc1O[C@H](C)C(=O)N(C)Cc1ccc(C(=O)NC2CC2)cc1. The van der Waals surface area contributed by atoms with E-state index in [4.69, 9.17) is 4.74 Å². The maximum absolute atomic E-state index is 12.8. The first-order chi connectivity index (χ1) is 14.2. The van der Waals surface area contributed by atoms with Crippen molar-refractivity contribution in [2.45, 2.75) is 65.1 Å². The molecular weight excluding hydrogens is 376 g/mol. The van der Waals surface area contributed by atoms with E-state index in [1.807, 2.05) is 43.3 Å². The highest BCUT2D eigenvalue weighted by Gasteiger charge is 2.24. The summed E-state index contributed by atoms with van der Waals surface area (Å²) in [6.07, 6.45) is 1.55. The number of carbonyl (C=O) groups is 2. The van der Waals surface area contributed by atoms with Crippen LogP contribution in [0.5, 0.6) is 5.75 Å². The van der Waals surface area contributed by atoms with Gasteiger partial charge in [-0.1, -0.05) is 38.1 Å². The Labute approximate surface area is 179 Å². The number of nitrogens with one attached hydrogen (secondary N) is 1. The minimum Gasteiger partial charge on any atom is -0.481 e. The monoisotopic (exact) mass is 408 g/mol. The molecule has 5 heteroatoms. The first-order valence-corrected chi connectivity index (χ1v) is 10.7. The lowest BCUT2D eigenvalue weighted by Gasteiger charge is -2.23. The second-order valence-corrected chi connectivity index (χ2v) is 8.58. The first-order valence-electron chi connectivity index (χ1n) is 10.7.